The molecule has 2 N–H and O–H groups in total. The zero-order chi connectivity index (χ0) is 11.0. The number of unbranched alkanes of at least 4 members (excludes halogenated alkanes) is 1. The van der Waals surface area contributed by atoms with Gasteiger partial charge >= 0.3 is 0 Å². The van der Waals surface area contributed by atoms with E-state index in [4.69, 9.17) is 0 Å². The Labute approximate surface area is 88.3 Å². The van der Waals surface area contributed by atoms with Gasteiger partial charge < -0.3 is 10.2 Å². The standard InChI is InChI=1S/C12H26O2/c1-4-7-8-11(13)9-10-12(14,5-2)6-3/h11,13-14H,4-10H2,1-3H3. The predicted octanol–water partition coefficient (Wildman–Crippen LogP) is 2.87. The normalized spacial score (nSPS) is 14.4. The molecule has 2 nitrogen and oxygen atoms in total. The third kappa shape index (κ3) is 5.61. The smallest absolute Gasteiger partial charge is 0.0643 e. The van der Waals surface area contributed by atoms with Crippen LogP contribution in [-0.4, -0.2) is 21.9 Å². The average molecular weight is 202 g/mol. The Hall–Kier alpha value is -0.0800. The van der Waals surface area contributed by atoms with Gasteiger partial charge in [0.1, 0.15) is 0 Å². The summed E-state index contributed by atoms with van der Waals surface area (Å²) in [5.74, 6) is 0. The molecule has 14 heavy (non-hydrogen) atoms. The molecule has 0 heterocycles. The molecule has 0 aliphatic rings. The molecule has 2 heteroatoms. The van der Waals surface area contributed by atoms with E-state index >= 15 is 0 Å². The highest BCUT2D eigenvalue weighted by Gasteiger charge is 2.22. The van der Waals surface area contributed by atoms with Crippen molar-refractivity contribution in [2.45, 2.75) is 77.4 Å². The van der Waals surface area contributed by atoms with E-state index < -0.39 is 5.60 Å². The maximum atomic E-state index is 9.99. The number of aliphatic hydroxyl groups is 2. The van der Waals surface area contributed by atoms with Crippen LogP contribution in [0.3, 0.4) is 0 Å². The van der Waals surface area contributed by atoms with Crippen molar-refractivity contribution in [2.75, 3.05) is 0 Å². The third-order valence-corrected chi connectivity index (χ3v) is 3.15. The number of aliphatic hydroxyl groups excluding tert-OH is 1. The van der Waals surface area contributed by atoms with Crippen molar-refractivity contribution in [3.8, 4) is 0 Å². The van der Waals surface area contributed by atoms with Gasteiger partial charge in [0.25, 0.3) is 0 Å². The van der Waals surface area contributed by atoms with Crippen LogP contribution in [0.2, 0.25) is 0 Å². The van der Waals surface area contributed by atoms with Crippen LogP contribution in [0.15, 0.2) is 0 Å². The summed E-state index contributed by atoms with van der Waals surface area (Å²) in [6.45, 7) is 6.13. The number of hydrogen-bond acceptors (Lipinski definition) is 2. The molecule has 0 rings (SSSR count). The second kappa shape index (κ2) is 7.24. The summed E-state index contributed by atoms with van der Waals surface area (Å²) in [6, 6.07) is 0. The van der Waals surface area contributed by atoms with Gasteiger partial charge in [-0.2, -0.15) is 0 Å². The van der Waals surface area contributed by atoms with Crippen LogP contribution >= 0.6 is 0 Å². The van der Waals surface area contributed by atoms with E-state index in [9.17, 15) is 10.2 Å². The first-order chi connectivity index (χ1) is 6.58. The minimum Gasteiger partial charge on any atom is -0.393 e. The summed E-state index contributed by atoms with van der Waals surface area (Å²) in [6.07, 6.45) is 5.89. The van der Waals surface area contributed by atoms with Crippen molar-refractivity contribution in [3.05, 3.63) is 0 Å². The van der Waals surface area contributed by atoms with Gasteiger partial charge in [-0.15, -0.1) is 0 Å². The van der Waals surface area contributed by atoms with E-state index in [1.165, 1.54) is 0 Å². The molecular formula is C12H26O2. The van der Waals surface area contributed by atoms with E-state index in [1.807, 2.05) is 13.8 Å². The highest BCUT2D eigenvalue weighted by atomic mass is 16.3. The van der Waals surface area contributed by atoms with E-state index in [0.29, 0.717) is 0 Å². The molecule has 0 aromatic carbocycles. The van der Waals surface area contributed by atoms with Crippen molar-refractivity contribution in [3.63, 3.8) is 0 Å². The Morgan fingerprint density at radius 1 is 1.07 bits per heavy atom. The number of rotatable bonds is 8. The van der Waals surface area contributed by atoms with Crippen LogP contribution in [0.25, 0.3) is 0 Å². The predicted molar refractivity (Wildman–Crippen MR) is 60.3 cm³/mol. The lowest BCUT2D eigenvalue weighted by Gasteiger charge is -2.26. The second-order valence-corrected chi connectivity index (χ2v) is 4.27. The monoisotopic (exact) mass is 202 g/mol. The molecule has 0 aromatic rings. The Bertz CT molecular complexity index is 130. The summed E-state index contributed by atoms with van der Waals surface area (Å²) in [4.78, 5) is 0. The van der Waals surface area contributed by atoms with Crippen LogP contribution < -0.4 is 0 Å². The summed E-state index contributed by atoms with van der Waals surface area (Å²) < 4.78 is 0. The fourth-order valence-corrected chi connectivity index (χ4v) is 1.62. The summed E-state index contributed by atoms with van der Waals surface area (Å²) in [7, 11) is 0. The largest absolute Gasteiger partial charge is 0.393 e. The topological polar surface area (TPSA) is 40.5 Å². The van der Waals surface area contributed by atoms with Gasteiger partial charge in [0.15, 0.2) is 0 Å². The van der Waals surface area contributed by atoms with Gasteiger partial charge in [0.05, 0.1) is 11.7 Å². The summed E-state index contributed by atoms with van der Waals surface area (Å²) in [5, 5.41) is 19.6. The minimum absolute atomic E-state index is 0.223. The summed E-state index contributed by atoms with van der Waals surface area (Å²) in [5.41, 5.74) is -0.548. The summed E-state index contributed by atoms with van der Waals surface area (Å²) >= 11 is 0. The lowest BCUT2D eigenvalue weighted by atomic mass is 9.90. The van der Waals surface area contributed by atoms with E-state index in [1.54, 1.807) is 0 Å². The van der Waals surface area contributed by atoms with E-state index in [-0.39, 0.29) is 6.10 Å². The molecular weight excluding hydrogens is 176 g/mol. The van der Waals surface area contributed by atoms with Gasteiger partial charge in [-0.3, -0.25) is 0 Å². The van der Waals surface area contributed by atoms with Crippen LogP contribution in [0, 0.1) is 0 Å². The van der Waals surface area contributed by atoms with E-state index in [0.717, 1.165) is 44.9 Å². The molecule has 0 aliphatic heterocycles. The molecule has 0 saturated carbocycles. The second-order valence-electron chi connectivity index (χ2n) is 4.27. The van der Waals surface area contributed by atoms with Crippen molar-refractivity contribution >= 4 is 0 Å². The first kappa shape index (κ1) is 13.9. The molecule has 0 spiro atoms. The molecule has 86 valence electrons. The van der Waals surface area contributed by atoms with Crippen LogP contribution in [0.5, 0.6) is 0 Å². The van der Waals surface area contributed by atoms with Crippen LogP contribution in [-0.2, 0) is 0 Å². The van der Waals surface area contributed by atoms with Crippen LogP contribution in [0.4, 0.5) is 0 Å². The molecule has 0 aliphatic carbocycles. The highest BCUT2D eigenvalue weighted by molar-refractivity contribution is 4.76. The first-order valence-electron chi connectivity index (χ1n) is 5.98. The van der Waals surface area contributed by atoms with Crippen LogP contribution in [0.1, 0.15) is 65.7 Å². The van der Waals surface area contributed by atoms with E-state index in [2.05, 4.69) is 6.92 Å². The first-order valence-corrected chi connectivity index (χ1v) is 5.98. The Kier molecular flexibility index (Phi) is 7.20. The molecule has 0 bridgehead atoms. The minimum atomic E-state index is -0.548. The molecule has 0 fully saturated rings. The van der Waals surface area contributed by atoms with Crippen molar-refractivity contribution in [1.29, 1.82) is 0 Å². The SMILES string of the molecule is CCCCC(O)CCC(O)(CC)CC. The fraction of sp³-hybridized carbons (Fsp3) is 1.00. The Morgan fingerprint density at radius 3 is 2.07 bits per heavy atom. The maximum absolute atomic E-state index is 9.99. The quantitative estimate of drug-likeness (QED) is 0.635. The zero-order valence-corrected chi connectivity index (χ0v) is 9.92. The Balaban J connectivity index is 3.68. The van der Waals surface area contributed by atoms with Gasteiger partial charge in [0.2, 0.25) is 0 Å². The molecule has 0 aromatic heterocycles. The van der Waals surface area contributed by atoms with Crippen molar-refractivity contribution in [2.24, 2.45) is 0 Å². The molecule has 0 saturated heterocycles. The number of hydrogen-bond donors (Lipinski definition) is 2. The molecule has 0 radical (unpaired) electrons. The van der Waals surface area contributed by atoms with Gasteiger partial charge in [-0.1, -0.05) is 33.6 Å². The third-order valence-electron chi connectivity index (χ3n) is 3.15. The highest BCUT2D eigenvalue weighted by Crippen LogP contribution is 2.22. The van der Waals surface area contributed by atoms with Gasteiger partial charge in [-0.25, -0.2) is 0 Å². The fourth-order valence-electron chi connectivity index (χ4n) is 1.62. The molecule has 0 amide bonds. The lowest BCUT2D eigenvalue weighted by molar-refractivity contribution is 0.00746. The Morgan fingerprint density at radius 2 is 1.64 bits per heavy atom. The zero-order valence-electron chi connectivity index (χ0n) is 9.92. The maximum Gasteiger partial charge on any atom is 0.0643 e. The van der Waals surface area contributed by atoms with Crippen molar-refractivity contribution < 1.29 is 10.2 Å². The lowest BCUT2D eigenvalue weighted by Crippen LogP contribution is -2.28. The van der Waals surface area contributed by atoms with Gasteiger partial charge in [0, 0.05) is 0 Å². The van der Waals surface area contributed by atoms with Crippen molar-refractivity contribution in [1.82, 2.24) is 0 Å². The van der Waals surface area contributed by atoms with Gasteiger partial charge in [-0.05, 0) is 32.1 Å². The average Bonchev–Trinajstić information content (AvgIpc) is 2.23. The molecule has 1 atom stereocenters. The molecule has 1 unspecified atom stereocenters.